The molecule has 0 spiro atoms. The third-order valence-electron chi connectivity index (χ3n) is 3.98. The molecule has 21 heavy (non-hydrogen) atoms. The van der Waals surface area contributed by atoms with Crippen molar-refractivity contribution < 1.29 is 0 Å². The summed E-state index contributed by atoms with van der Waals surface area (Å²) in [5.41, 5.74) is 3.04. The van der Waals surface area contributed by atoms with Crippen LogP contribution in [0, 0.1) is 5.92 Å². The molecule has 1 N–H and O–H groups in total. The topological polar surface area (TPSA) is 55.6 Å². The molecule has 1 fully saturated rings. The lowest BCUT2D eigenvalue weighted by atomic mass is 9.95. The molecular formula is C16H23N5. The van der Waals surface area contributed by atoms with E-state index in [2.05, 4.69) is 27.3 Å². The molecule has 0 aromatic carbocycles. The van der Waals surface area contributed by atoms with E-state index >= 15 is 0 Å². The Kier molecular flexibility index (Phi) is 4.60. The Morgan fingerprint density at radius 3 is 2.95 bits per heavy atom. The fraction of sp³-hybridized carbons (Fsp3) is 0.562. The summed E-state index contributed by atoms with van der Waals surface area (Å²) in [6, 6.07) is 0. The van der Waals surface area contributed by atoms with Gasteiger partial charge in [0, 0.05) is 24.5 Å². The lowest BCUT2D eigenvalue weighted by Gasteiger charge is -2.22. The largest absolute Gasteiger partial charge is 0.316 e. The number of nitrogens with one attached hydrogen (secondary N) is 1. The van der Waals surface area contributed by atoms with E-state index in [1.54, 1.807) is 0 Å². The van der Waals surface area contributed by atoms with Crippen molar-refractivity contribution in [3.8, 4) is 11.3 Å². The van der Waals surface area contributed by atoms with Gasteiger partial charge in [-0.15, -0.1) is 0 Å². The van der Waals surface area contributed by atoms with Crippen molar-refractivity contribution in [2.24, 2.45) is 5.92 Å². The molecule has 0 amide bonds. The highest BCUT2D eigenvalue weighted by molar-refractivity contribution is 5.55. The van der Waals surface area contributed by atoms with E-state index in [0.29, 0.717) is 5.92 Å². The van der Waals surface area contributed by atoms with Crippen molar-refractivity contribution in [3.05, 3.63) is 30.5 Å². The van der Waals surface area contributed by atoms with Crippen molar-refractivity contribution in [1.29, 1.82) is 0 Å². The smallest absolute Gasteiger partial charge is 0.0916 e. The molecular weight excluding hydrogens is 262 g/mol. The van der Waals surface area contributed by atoms with Crippen molar-refractivity contribution >= 4 is 0 Å². The molecule has 1 saturated heterocycles. The van der Waals surface area contributed by atoms with Crippen LogP contribution in [0.5, 0.6) is 0 Å². The number of aryl methyl sites for hydroxylation is 1. The van der Waals surface area contributed by atoms with E-state index < -0.39 is 0 Å². The van der Waals surface area contributed by atoms with Crippen LogP contribution in [0.3, 0.4) is 0 Å². The predicted octanol–water partition coefficient (Wildman–Crippen LogP) is 2.29. The summed E-state index contributed by atoms with van der Waals surface area (Å²) < 4.78 is 1.96. The van der Waals surface area contributed by atoms with Gasteiger partial charge in [-0.05, 0) is 44.7 Å². The van der Waals surface area contributed by atoms with E-state index in [-0.39, 0.29) is 0 Å². The molecule has 1 aliphatic heterocycles. The molecule has 5 heteroatoms. The maximum atomic E-state index is 4.58. The van der Waals surface area contributed by atoms with E-state index in [1.165, 1.54) is 12.8 Å². The molecule has 1 aliphatic rings. The molecule has 112 valence electrons. The molecule has 0 radical (unpaired) electrons. The van der Waals surface area contributed by atoms with Crippen LogP contribution in [-0.2, 0) is 13.0 Å². The van der Waals surface area contributed by atoms with E-state index in [4.69, 9.17) is 0 Å². The lowest BCUT2D eigenvalue weighted by Crippen LogP contribution is -2.31. The van der Waals surface area contributed by atoms with Gasteiger partial charge in [0.1, 0.15) is 0 Å². The Bertz CT molecular complexity index is 554. The van der Waals surface area contributed by atoms with Crippen LogP contribution in [0.25, 0.3) is 11.3 Å². The minimum Gasteiger partial charge on any atom is -0.316 e. The second kappa shape index (κ2) is 6.80. The highest BCUT2D eigenvalue weighted by atomic mass is 15.3. The standard InChI is InChI=1S/C16H23N5/c1-2-6-21-12-14(9-20-21)16-11-18-15(10-19-16)7-13-4-3-5-17-8-13/h9-13,17H,2-8H2,1H3. The highest BCUT2D eigenvalue weighted by Gasteiger charge is 2.14. The summed E-state index contributed by atoms with van der Waals surface area (Å²) in [5.74, 6) is 0.700. The monoisotopic (exact) mass is 285 g/mol. The average Bonchev–Trinajstić information content (AvgIpc) is 2.98. The first kappa shape index (κ1) is 14.2. The Balaban J connectivity index is 1.65. The van der Waals surface area contributed by atoms with E-state index in [9.17, 15) is 0 Å². The molecule has 3 heterocycles. The highest BCUT2D eigenvalue weighted by Crippen LogP contribution is 2.18. The Morgan fingerprint density at radius 1 is 1.29 bits per heavy atom. The first-order valence-corrected chi connectivity index (χ1v) is 7.89. The number of nitrogens with zero attached hydrogens (tertiary/aromatic N) is 4. The number of hydrogen-bond acceptors (Lipinski definition) is 4. The number of piperidine rings is 1. The second-order valence-corrected chi connectivity index (χ2v) is 5.80. The molecule has 0 bridgehead atoms. The average molecular weight is 285 g/mol. The fourth-order valence-electron chi connectivity index (χ4n) is 2.85. The molecule has 2 aromatic rings. The molecule has 5 nitrogen and oxygen atoms in total. The van der Waals surface area contributed by atoms with Gasteiger partial charge in [-0.25, -0.2) is 0 Å². The van der Waals surface area contributed by atoms with Crippen LogP contribution >= 0.6 is 0 Å². The van der Waals surface area contributed by atoms with Gasteiger partial charge in [0.15, 0.2) is 0 Å². The van der Waals surface area contributed by atoms with Gasteiger partial charge in [0.25, 0.3) is 0 Å². The maximum Gasteiger partial charge on any atom is 0.0916 e. The SMILES string of the molecule is CCCn1cc(-c2cnc(CC3CCCNC3)cn2)cn1. The van der Waals surface area contributed by atoms with Gasteiger partial charge in [-0.1, -0.05) is 6.92 Å². The van der Waals surface area contributed by atoms with Crippen LogP contribution in [0.4, 0.5) is 0 Å². The Morgan fingerprint density at radius 2 is 2.24 bits per heavy atom. The molecule has 0 aliphatic carbocycles. The zero-order valence-corrected chi connectivity index (χ0v) is 12.6. The van der Waals surface area contributed by atoms with Crippen LogP contribution in [0.1, 0.15) is 31.9 Å². The summed E-state index contributed by atoms with van der Waals surface area (Å²) >= 11 is 0. The summed E-state index contributed by atoms with van der Waals surface area (Å²) in [4.78, 5) is 9.13. The summed E-state index contributed by atoms with van der Waals surface area (Å²) in [6.07, 6.45) is 12.4. The van der Waals surface area contributed by atoms with Crippen molar-refractivity contribution in [2.45, 2.75) is 39.2 Å². The quantitative estimate of drug-likeness (QED) is 0.916. The van der Waals surface area contributed by atoms with E-state index in [1.807, 2.05) is 29.5 Å². The van der Waals surface area contributed by atoms with Crippen LogP contribution in [0.15, 0.2) is 24.8 Å². The molecule has 0 saturated carbocycles. The van der Waals surface area contributed by atoms with Crippen molar-refractivity contribution in [2.75, 3.05) is 13.1 Å². The van der Waals surface area contributed by atoms with Gasteiger partial charge in [-0.3, -0.25) is 14.6 Å². The Labute approximate surface area is 125 Å². The maximum absolute atomic E-state index is 4.58. The van der Waals surface area contributed by atoms with Crippen LogP contribution < -0.4 is 5.32 Å². The Hall–Kier alpha value is -1.75. The van der Waals surface area contributed by atoms with Gasteiger partial charge < -0.3 is 5.32 Å². The molecule has 1 atom stereocenters. The molecule has 3 rings (SSSR count). The number of hydrogen-bond donors (Lipinski definition) is 1. The van der Waals surface area contributed by atoms with Gasteiger partial charge in [0.2, 0.25) is 0 Å². The molecule has 2 aromatic heterocycles. The minimum atomic E-state index is 0.700. The van der Waals surface area contributed by atoms with Crippen LogP contribution in [0.2, 0.25) is 0 Å². The lowest BCUT2D eigenvalue weighted by molar-refractivity contribution is 0.373. The summed E-state index contributed by atoms with van der Waals surface area (Å²) in [5, 5.41) is 7.79. The zero-order chi connectivity index (χ0) is 14.5. The number of rotatable bonds is 5. The zero-order valence-electron chi connectivity index (χ0n) is 12.6. The van der Waals surface area contributed by atoms with Crippen LogP contribution in [-0.4, -0.2) is 32.8 Å². The molecule has 1 unspecified atom stereocenters. The number of aromatic nitrogens is 4. The summed E-state index contributed by atoms with van der Waals surface area (Å²) in [6.45, 7) is 5.35. The van der Waals surface area contributed by atoms with Gasteiger partial charge >= 0.3 is 0 Å². The van der Waals surface area contributed by atoms with Crippen molar-refractivity contribution in [1.82, 2.24) is 25.1 Å². The normalized spacial score (nSPS) is 18.8. The predicted molar refractivity (Wildman–Crippen MR) is 82.8 cm³/mol. The first-order valence-electron chi connectivity index (χ1n) is 7.89. The van der Waals surface area contributed by atoms with Gasteiger partial charge in [0.05, 0.1) is 23.8 Å². The first-order chi connectivity index (χ1) is 10.3. The minimum absolute atomic E-state index is 0.700. The fourth-order valence-corrected chi connectivity index (χ4v) is 2.85. The summed E-state index contributed by atoms with van der Waals surface area (Å²) in [7, 11) is 0. The second-order valence-electron chi connectivity index (χ2n) is 5.80. The third kappa shape index (κ3) is 3.67. The third-order valence-corrected chi connectivity index (χ3v) is 3.98. The van der Waals surface area contributed by atoms with Gasteiger partial charge in [-0.2, -0.15) is 5.10 Å². The van der Waals surface area contributed by atoms with Crippen molar-refractivity contribution in [3.63, 3.8) is 0 Å². The van der Waals surface area contributed by atoms with E-state index in [0.717, 1.165) is 49.4 Å².